The molecule has 0 unspecified atom stereocenters. The highest BCUT2D eigenvalue weighted by Gasteiger charge is 2.28. The number of nitrogens with zero attached hydrogens (tertiary/aromatic N) is 6. The number of pyridine rings is 1. The molecule has 0 aliphatic heterocycles. The van der Waals surface area contributed by atoms with Crippen LogP contribution in [0.2, 0.25) is 0 Å². The number of carbonyl (C=O) groups is 1. The Labute approximate surface area is 130 Å². The maximum absolute atomic E-state index is 12.2. The molecule has 0 spiro atoms. The SMILES string of the molecule is O=C(NCc1nc(C2CC2)no1)c1ccnc(-n2cncn2)c1. The number of carbonyl (C=O) groups excluding carboxylic acids is 1. The summed E-state index contributed by atoms with van der Waals surface area (Å²) in [5.41, 5.74) is 0.465. The van der Waals surface area contributed by atoms with Gasteiger partial charge in [0.25, 0.3) is 5.91 Å². The Hall–Kier alpha value is -3.10. The molecule has 1 N–H and O–H groups in total. The van der Waals surface area contributed by atoms with Crippen LogP contribution in [0.3, 0.4) is 0 Å². The summed E-state index contributed by atoms with van der Waals surface area (Å²) in [5.74, 6) is 1.83. The van der Waals surface area contributed by atoms with Gasteiger partial charge in [-0.3, -0.25) is 4.79 Å². The van der Waals surface area contributed by atoms with Crippen LogP contribution in [-0.4, -0.2) is 35.8 Å². The first kappa shape index (κ1) is 13.6. The van der Waals surface area contributed by atoms with E-state index in [4.69, 9.17) is 4.52 Å². The third-order valence-corrected chi connectivity index (χ3v) is 3.49. The number of hydrogen-bond donors (Lipinski definition) is 1. The number of hydrogen-bond acceptors (Lipinski definition) is 7. The van der Waals surface area contributed by atoms with E-state index >= 15 is 0 Å². The van der Waals surface area contributed by atoms with Crippen LogP contribution >= 0.6 is 0 Å². The zero-order chi connectivity index (χ0) is 15.6. The molecular formula is C14H13N7O2. The van der Waals surface area contributed by atoms with Crippen LogP contribution in [0.1, 0.15) is 40.8 Å². The van der Waals surface area contributed by atoms with Crippen molar-refractivity contribution in [2.45, 2.75) is 25.3 Å². The molecule has 1 aliphatic rings. The Morgan fingerprint density at radius 1 is 1.43 bits per heavy atom. The monoisotopic (exact) mass is 311 g/mol. The van der Waals surface area contributed by atoms with Crippen molar-refractivity contribution < 1.29 is 9.32 Å². The lowest BCUT2D eigenvalue weighted by Gasteiger charge is -2.04. The van der Waals surface area contributed by atoms with Gasteiger partial charge in [0.2, 0.25) is 5.89 Å². The van der Waals surface area contributed by atoms with Gasteiger partial charge in [-0.2, -0.15) is 10.1 Å². The number of rotatable bonds is 5. The fraction of sp³-hybridized carbons (Fsp3) is 0.286. The Morgan fingerprint density at radius 3 is 3.13 bits per heavy atom. The molecule has 0 saturated heterocycles. The van der Waals surface area contributed by atoms with Crippen molar-refractivity contribution in [1.29, 1.82) is 0 Å². The quantitative estimate of drug-likeness (QED) is 0.743. The third kappa shape index (κ3) is 2.93. The minimum absolute atomic E-state index is 0.194. The van der Waals surface area contributed by atoms with Crippen LogP contribution in [-0.2, 0) is 6.54 Å². The van der Waals surface area contributed by atoms with Gasteiger partial charge < -0.3 is 9.84 Å². The Kier molecular flexibility index (Phi) is 3.30. The van der Waals surface area contributed by atoms with E-state index in [-0.39, 0.29) is 12.5 Å². The van der Waals surface area contributed by atoms with Crippen molar-refractivity contribution >= 4 is 5.91 Å². The predicted octanol–water partition coefficient (Wildman–Crippen LogP) is 0.853. The van der Waals surface area contributed by atoms with Gasteiger partial charge in [-0.15, -0.1) is 0 Å². The zero-order valence-electron chi connectivity index (χ0n) is 12.1. The fourth-order valence-corrected chi connectivity index (χ4v) is 2.12. The maximum atomic E-state index is 12.2. The molecule has 4 rings (SSSR count). The lowest BCUT2D eigenvalue weighted by atomic mass is 10.2. The lowest BCUT2D eigenvalue weighted by Crippen LogP contribution is -2.23. The molecule has 9 nitrogen and oxygen atoms in total. The van der Waals surface area contributed by atoms with E-state index in [1.807, 2.05) is 0 Å². The van der Waals surface area contributed by atoms with E-state index < -0.39 is 0 Å². The van der Waals surface area contributed by atoms with Gasteiger partial charge in [0, 0.05) is 17.7 Å². The first-order valence-electron chi connectivity index (χ1n) is 7.21. The van der Waals surface area contributed by atoms with Crippen LogP contribution in [0, 0.1) is 0 Å². The van der Waals surface area contributed by atoms with E-state index in [0.717, 1.165) is 18.7 Å². The molecule has 1 fully saturated rings. The van der Waals surface area contributed by atoms with Crippen LogP contribution in [0.4, 0.5) is 0 Å². The number of aromatic nitrogens is 6. The zero-order valence-corrected chi connectivity index (χ0v) is 12.1. The summed E-state index contributed by atoms with van der Waals surface area (Å²) in [7, 11) is 0. The molecule has 0 aromatic carbocycles. The Balaban J connectivity index is 1.43. The highest BCUT2D eigenvalue weighted by molar-refractivity contribution is 5.94. The van der Waals surface area contributed by atoms with E-state index in [1.165, 1.54) is 17.3 Å². The lowest BCUT2D eigenvalue weighted by molar-refractivity contribution is 0.0946. The van der Waals surface area contributed by atoms with Gasteiger partial charge in [-0.05, 0) is 25.0 Å². The molecular weight excluding hydrogens is 298 g/mol. The van der Waals surface area contributed by atoms with Gasteiger partial charge in [0.15, 0.2) is 11.6 Å². The third-order valence-electron chi connectivity index (χ3n) is 3.49. The minimum atomic E-state index is -0.250. The minimum Gasteiger partial charge on any atom is -0.343 e. The van der Waals surface area contributed by atoms with Gasteiger partial charge >= 0.3 is 0 Å². The maximum Gasteiger partial charge on any atom is 0.251 e. The summed E-state index contributed by atoms with van der Waals surface area (Å²) in [4.78, 5) is 24.5. The van der Waals surface area contributed by atoms with E-state index in [2.05, 4.69) is 30.5 Å². The molecule has 116 valence electrons. The van der Waals surface area contributed by atoms with Crippen LogP contribution in [0.15, 0.2) is 35.5 Å². The largest absolute Gasteiger partial charge is 0.343 e. The molecule has 9 heteroatoms. The summed E-state index contributed by atoms with van der Waals surface area (Å²) >= 11 is 0. The Bertz CT molecular complexity index is 823. The summed E-state index contributed by atoms with van der Waals surface area (Å²) in [6.45, 7) is 0.194. The predicted molar refractivity (Wildman–Crippen MR) is 76.6 cm³/mol. The standard InChI is InChI=1S/C14H13N7O2/c22-14(17-6-12-19-13(20-23-12)9-1-2-9)10-3-4-16-11(5-10)21-8-15-7-18-21/h3-5,7-9H,1-2,6H2,(H,17,22). The summed E-state index contributed by atoms with van der Waals surface area (Å²) in [6, 6.07) is 3.26. The second-order valence-electron chi connectivity index (χ2n) is 5.25. The highest BCUT2D eigenvalue weighted by atomic mass is 16.5. The Morgan fingerprint density at radius 2 is 2.35 bits per heavy atom. The first-order valence-corrected chi connectivity index (χ1v) is 7.21. The van der Waals surface area contributed by atoms with E-state index in [0.29, 0.717) is 23.2 Å². The first-order chi connectivity index (χ1) is 11.3. The molecule has 3 aromatic rings. The highest BCUT2D eigenvalue weighted by Crippen LogP contribution is 2.38. The average molecular weight is 311 g/mol. The second kappa shape index (κ2) is 5.59. The van der Waals surface area contributed by atoms with Crippen molar-refractivity contribution in [2.24, 2.45) is 0 Å². The van der Waals surface area contributed by atoms with E-state index in [1.54, 1.807) is 18.3 Å². The number of nitrogens with one attached hydrogen (secondary N) is 1. The molecule has 0 atom stereocenters. The molecule has 0 bridgehead atoms. The fourth-order valence-electron chi connectivity index (χ4n) is 2.12. The van der Waals surface area contributed by atoms with Crippen LogP contribution in [0.5, 0.6) is 0 Å². The van der Waals surface area contributed by atoms with E-state index in [9.17, 15) is 4.79 Å². The smallest absolute Gasteiger partial charge is 0.251 e. The molecule has 0 radical (unpaired) electrons. The molecule has 23 heavy (non-hydrogen) atoms. The summed E-state index contributed by atoms with van der Waals surface area (Å²) in [5, 5.41) is 10.6. The molecule has 3 heterocycles. The normalized spacial score (nSPS) is 13.9. The molecule has 3 aromatic heterocycles. The van der Waals surface area contributed by atoms with Gasteiger partial charge in [0.1, 0.15) is 12.7 Å². The molecule has 1 amide bonds. The molecule has 1 saturated carbocycles. The van der Waals surface area contributed by atoms with Crippen molar-refractivity contribution in [1.82, 2.24) is 35.2 Å². The van der Waals surface area contributed by atoms with Gasteiger partial charge in [0.05, 0.1) is 6.54 Å². The van der Waals surface area contributed by atoms with Crippen molar-refractivity contribution in [3.8, 4) is 5.82 Å². The van der Waals surface area contributed by atoms with Crippen molar-refractivity contribution in [3.05, 3.63) is 48.3 Å². The second-order valence-corrected chi connectivity index (χ2v) is 5.25. The van der Waals surface area contributed by atoms with Crippen molar-refractivity contribution in [2.75, 3.05) is 0 Å². The summed E-state index contributed by atoms with van der Waals surface area (Å²) < 4.78 is 6.61. The molecule has 1 aliphatic carbocycles. The summed E-state index contributed by atoms with van der Waals surface area (Å²) in [6.07, 6.45) is 6.67. The topological polar surface area (TPSA) is 112 Å². The van der Waals surface area contributed by atoms with Crippen LogP contribution in [0.25, 0.3) is 5.82 Å². The van der Waals surface area contributed by atoms with Gasteiger partial charge in [-0.25, -0.2) is 14.6 Å². The average Bonchev–Trinajstić information content (AvgIpc) is 3.11. The van der Waals surface area contributed by atoms with Gasteiger partial charge in [-0.1, -0.05) is 5.16 Å². The number of amides is 1. The van der Waals surface area contributed by atoms with Crippen molar-refractivity contribution in [3.63, 3.8) is 0 Å². The van der Waals surface area contributed by atoms with Crippen LogP contribution < -0.4 is 5.32 Å².